The fourth-order valence-electron chi connectivity index (χ4n) is 1.19. The van der Waals surface area contributed by atoms with E-state index in [0.717, 1.165) is 18.5 Å². The standard InChI is InChI=1S/C10H17NO2S/c1-8-9(14-7-11-8)3-4-10(2,5-12)6-13/h7,12-13H,3-6H2,1-2H3. The Morgan fingerprint density at radius 2 is 2.07 bits per heavy atom. The van der Waals surface area contributed by atoms with E-state index in [9.17, 15) is 0 Å². The zero-order valence-corrected chi connectivity index (χ0v) is 9.47. The van der Waals surface area contributed by atoms with Gasteiger partial charge in [-0.3, -0.25) is 0 Å². The Morgan fingerprint density at radius 1 is 1.43 bits per heavy atom. The normalized spacial score (nSPS) is 12.0. The van der Waals surface area contributed by atoms with Crippen LogP contribution in [-0.4, -0.2) is 28.4 Å². The van der Waals surface area contributed by atoms with Gasteiger partial charge in [0, 0.05) is 10.3 Å². The molecule has 0 fully saturated rings. The second-order valence-corrected chi connectivity index (χ2v) is 4.93. The molecular formula is C10H17NO2S. The summed E-state index contributed by atoms with van der Waals surface area (Å²) in [4.78, 5) is 5.41. The van der Waals surface area contributed by atoms with Crippen molar-refractivity contribution in [2.24, 2.45) is 5.41 Å². The van der Waals surface area contributed by atoms with Crippen molar-refractivity contribution >= 4 is 11.3 Å². The Hall–Kier alpha value is -0.450. The van der Waals surface area contributed by atoms with Gasteiger partial charge in [0.05, 0.1) is 24.4 Å². The predicted octanol–water partition coefficient (Wildman–Crippen LogP) is 1.38. The fourth-order valence-corrected chi connectivity index (χ4v) is 1.97. The lowest BCUT2D eigenvalue weighted by molar-refractivity contribution is 0.0633. The molecule has 0 spiro atoms. The van der Waals surface area contributed by atoms with Crippen LogP contribution in [0.2, 0.25) is 0 Å². The number of thiazole rings is 1. The Labute approximate surface area is 88.4 Å². The fraction of sp³-hybridized carbons (Fsp3) is 0.700. The van der Waals surface area contributed by atoms with Gasteiger partial charge in [-0.15, -0.1) is 11.3 Å². The zero-order valence-electron chi connectivity index (χ0n) is 8.66. The van der Waals surface area contributed by atoms with E-state index >= 15 is 0 Å². The van der Waals surface area contributed by atoms with Crippen LogP contribution in [0.4, 0.5) is 0 Å². The predicted molar refractivity (Wildman–Crippen MR) is 57.5 cm³/mol. The molecule has 0 bridgehead atoms. The lowest BCUT2D eigenvalue weighted by Crippen LogP contribution is -2.26. The van der Waals surface area contributed by atoms with Crippen LogP contribution >= 0.6 is 11.3 Å². The molecule has 0 atom stereocenters. The summed E-state index contributed by atoms with van der Waals surface area (Å²) in [5, 5.41) is 18.2. The molecule has 0 aliphatic rings. The van der Waals surface area contributed by atoms with Crippen molar-refractivity contribution in [2.75, 3.05) is 13.2 Å². The maximum absolute atomic E-state index is 9.11. The molecular weight excluding hydrogens is 198 g/mol. The van der Waals surface area contributed by atoms with Gasteiger partial charge in [0.15, 0.2) is 0 Å². The first-order valence-corrected chi connectivity index (χ1v) is 5.60. The van der Waals surface area contributed by atoms with E-state index in [-0.39, 0.29) is 18.6 Å². The van der Waals surface area contributed by atoms with Crippen LogP contribution in [0.15, 0.2) is 5.51 Å². The molecule has 1 aromatic heterocycles. The second kappa shape index (κ2) is 4.87. The summed E-state index contributed by atoms with van der Waals surface area (Å²) in [6, 6.07) is 0. The highest BCUT2D eigenvalue weighted by Crippen LogP contribution is 2.24. The van der Waals surface area contributed by atoms with Crippen LogP contribution in [0.25, 0.3) is 0 Å². The van der Waals surface area contributed by atoms with Gasteiger partial charge in [0.1, 0.15) is 0 Å². The Kier molecular flexibility index (Phi) is 4.04. The molecule has 1 aromatic rings. The molecule has 1 rings (SSSR count). The third-order valence-corrected chi connectivity index (χ3v) is 3.56. The summed E-state index contributed by atoms with van der Waals surface area (Å²) < 4.78 is 0. The van der Waals surface area contributed by atoms with Crippen LogP contribution in [0.3, 0.4) is 0 Å². The molecule has 0 aliphatic carbocycles. The molecule has 4 heteroatoms. The van der Waals surface area contributed by atoms with Crippen molar-refractivity contribution in [3.8, 4) is 0 Å². The van der Waals surface area contributed by atoms with Crippen LogP contribution < -0.4 is 0 Å². The van der Waals surface area contributed by atoms with E-state index in [1.54, 1.807) is 11.3 Å². The number of hydrogen-bond donors (Lipinski definition) is 2. The largest absolute Gasteiger partial charge is 0.396 e. The lowest BCUT2D eigenvalue weighted by Gasteiger charge is -2.23. The molecule has 0 aromatic carbocycles. The van der Waals surface area contributed by atoms with Gasteiger partial charge in [-0.05, 0) is 19.8 Å². The van der Waals surface area contributed by atoms with E-state index < -0.39 is 0 Å². The maximum Gasteiger partial charge on any atom is 0.0797 e. The molecule has 1 heterocycles. The third-order valence-electron chi connectivity index (χ3n) is 2.56. The van der Waals surface area contributed by atoms with Crippen molar-refractivity contribution < 1.29 is 10.2 Å². The number of hydrogen-bond acceptors (Lipinski definition) is 4. The van der Waals surface area contributed by atoms with Crippen molar-refractivity contribution in [3.05, 3.63) is 16.1 Å². The van der Waals surface area contributed by atoms with Gasteiger partial charge in [-0.25, -0.2) is 4.98 Å². The number of aromatic nitrogens is 1. The maximum atomic E-state index is 9.11. The first kappa shape index (κ1) is 11.6. The third kappa shape index (κ3) is 2.77. The minimum atomic E-state index is -0.365. The summed E-state index contributed by atoms with van der Waals surface area (Å²) in [5.74, 6) is 0. The number of rotatable bonds is 5. The highest BCUT2D eigenvalue weighted by atomic mass is 32.1. The molecule has 14 heavy (non-hydrogen) atoms. The topological polar surface area (TPSA) is 53.4 Å². The van der Waals surface area contributed by atoms with Crippen LogP contribution in [0, 0.1) is 12.3 Å². The van der Waals surface area contributed by atoms with E-state index in [4.69, 9.17) is 10.2 Å². The van der Waals surface area contributed by atoms with Gasteiger partial charge in [0.25, 0.3) is 0 Å². The van der Waals surface area contributed by atoms with Crippen molar-refractivity contribution in [1.29, 1.82) is 0 Å². The minimum Gasteiger partial charge on any atom is -0.396 e. The monoisotopic (exact) mass is 215 g/mol. The smallest absolute Gasteiger partial charge is 0.0797 e. The highest BCUT2D eigenvalue weighted by molar-refractivity contribution is 7.09. The van der Waals surface area contributed by atoms with E-state index in [2.05, 4.69) is 4.98 Å². The summed E-state index contributed by atoms with van der Waals surface area (Å²) in [6.07, 6.45) is 1.68. The molecule has 0 saturated heterocycles. The lowest BCUT2D eigenvalue weighted by atomic mass is 9.87. The van der Waals surface area contributed by atoms with E-state index in [1.807, 2.05) is 19.4 Å². The first-order chi connectivity index (χ1) is 6.61. The minimum absolute atomic E-state index is 0.0291. The first-order valence-electron chi connectivity index (χ1n) is 4.72. The van der Waals surface area contributed by atoms with E-state index in [1.165, 1.54) is 4.88 Å². The molecule has 80 valence electrons. The van der Waals surface area contributed by atoms with Crippen molar-refractivity contribution in [2.45, 2.75) is 26.7 Å². The average molecular weight is 215 g/mol. The van der Waals surface area contributed by atoms with Gasteiger partial charge < -0.3 is 10.2 Å². The summed E-state index contributed by atoms with van der Waals surface area (Å²) in [5.41, 5.74) is 2.53. The molecule has 2 N–H and O–H groups in total. The quantitative estimate of drug-likeness (QED) is 0.780. The summed E-state index contributed by atoms with van der Waals surface area (Å²) in [7, 11) is 0. The molecule has 0 radical (unpaired) electrons. The Balaban J connectivity index is 2.52. The van der Waals surface area contributed by atoms with Crippen LogP contribution in [0.1, 0.15) is 23.9 Å². The van der Waals surface area contributed by atoms with Crippen molar-refractivity contribution in [3.63, 3.8) is 0 Å². The zero-order chi connectivity index (χ0) is 10.6. The molecule has 3 nitrogen and oxygen atoms in total. The molecule has 0 amide bonds. The second-order valence-electron chi connectivity index (χ2n) is 3.99. The number of aryl methyl sites for hydroxylation is 2. The Morgan fingerprint density at radius 3 is 2.50 bits per heavy atom. The SMILES string of the molecule is Cc1ncsc1CCC(C)(CO)CO. The van der Waals surface area contributed by atoms with Crippen LogP contribution in [0.5, 0.6) is 0 Å². The molecule has 0 saturated carbocycles. The summed E-state index contributed by atoms with van der Waals surface area (Å²) >= 11 is 1.64. The number of aliphatic hydroxyl groups excluding tert-OH is 2. The van der Waals surface area contributed by atoms with Crippen molar-refractivity contribution in [1.82, 2.24) is 4.98 Å². The van der Waals surface area contributed by atoms with Gasteiger partial charge >= 0.3 is 0 Å². The molecule has 0 unspecified atom stereocenters. The van der Waals surface area contributed by atoms with Gasteiger partial charge in [-0.1, -0.05) is 6.92 Å². The van der Waals surface area contributed by atoms with Crippen LogP contribution in [-0.2, 0) is 6.42 Å². The Bertz CT molecular complexity index is 281. The van der Waals surface area contributed by atoms with E-state index in [0.29, 0.717) is 0 Å². The van der Waals surface area contributed by atoms with Gasteiger partial charge in [0.2, 0.25) is 0 Å². The molecule has 0 aliphatic heterocycles. The summed E-state index contributed by atoms with van der Waals surface area (Å²) in [6.45, 7) is 3.94. The van der Waals surface area contributed by atoms with Gasteiger partial charge in [-0.2, -0.15) is 0 Å². The number of nitrogens with zero attached hydrogens (tertiary/aromatic N) is 1. The average Bonchev–Trinajstić information content (AvgIpc) is 2.61. The number of aliphatic hydroxyl groups is 2. The highest BCUT2D eigenvalue weighted by Gasteiger charge is 2.22.